The Morgan fingerprint density at radius 3 is 2.50 bits per heavy atom. The van der Waals surface area contributed by atoms with Crippen molar-refractivity contribution in [3.05, 3.63) is 77.9 Å². The molecule has 0 amide bonds. The van der Waals surface area contributed by atoms with E-state index in [1.165, 1.54) is 0 Å². The van der Waals surface area contributed by atoms with E-state index in [9.17, 15) is 5.11 Å². The van der Waals surface area contributed by atoms with E-state index in [1.54, 1.807) is 32.0 Å². The Morgan fingerprint density at radius 1 is 0.929 bits per heavy atom. The standard InChI is InChI=1S/C23H21NO3S/c1-26-20-12-7-9-16(23(20)27-2)22-14-18(15-8-3-5-11-19(15)25)24-17-10-4-6-13-21(17)28-22/h3-13,22,25H,14H2,1-2H3/t22-/m0/s1. The Labute approximate surface area is 168 Å². The summed E-state index contributed by atoms with van der Waals surface area (Å²) in [5.41, 5.74) is 3.57. The lowest BCUT2D eigenvalue weighted by molar-refractivity contribution is 0.351. The van der Waals surface area contributed by atoms with Crippen molar-refractivity contribution in [2.45, 2.75) is 16.6 Å². The number of fused-ring (bicyclic) bond motifs is 1. The van der Waals surface area contributed by atoms with Gasteiger partial charge in [-0.15, -0.1) is 11.8 Å². The van der Waals surface area contributed by atoms with Gasteiger partial charge in [-0.2, -0.15) is 0 Å². The third kappa shape index (κ3) is 3.45. The fourth-order valence-electron chi connectivity index (χ4n) is 3.44. The molecular weight excluding hydrogens is 370 g/mol. The molecule has 0 radical (unpaired) electrons. The number of nitrogens with zero attached hydrogens (tertiary/aromatic N) is 1. The van der Waals surface area contributed by atoms with Crippen molar-refractivity contribution in [3.63, 3.8) is 0 Å². The molecule has 1 atom stereocenters. The van der Waals surface area contributed by atoms with Crippen LogP contribution in [-0.2, 0) is 0 Å². The number of rotatable bonds is 4. The normalized spacial score (nSPS) is 15.9. The van der Waals surface area contributed by atoms with Crippen molar-refractivity contribution >= 4 is 23.2 Å². The van der Waals surface area contributed by atoms with Crippen molar-refractivity contribution in [2.75, 3.05) is 14.2 Å². The number of hydrogen-bond donors (Lipinski definition) is 1. The van der Waals surface area contributed by atoms with E-state index in [0.717, 1.165) is 33.2 Å². The maximum Gasteiger partial charge on any atom is 0.165 e. The molecule has 1 heterocycles. The first kappa shape index (κ1) is 18.4. The lowest BCUT2D eigenvalue weighted by atomic mass is 9.99. The van der Waals surface area contributed by atoms with Gasteiger partial charge in [0.15, 0.2) is 11.5 Å². The van der Waals surface area contributed by atoms with Crippen LogP contribution in [0, 0.1) is 0 Å². The van der Waals surface area contributed by atoms with Crippen LogP contribution in [0.3, 0.4) is 0 Å². The summed E-state index contributed by atoms with van der Waals surface area (Å²) in [6.45, 7) is 0. The van der Waals surface area contributed by atoms with Crippen LogP contribution < -0.4 is 9.47 Å². The van der Waals surface area contributed by atoms with Crippen LogP contribution >= 0.6 is 11.8 Å². The number of aromatic hydroxyl groups is 1. The highest BCUT2D eigenvalue weighted by Crippen LogP contribution is 2.49. The van der Waals surface area contributed by atoms with Gasteiger partial charge in [0.2, 0.25) is 0 Å². The molecule has 0 aromatic heterocycles. The zero-order valence-electron chi connectivity index (χ0n) is 15.8. The van der Waals surface area contributed by atoms with Crippen LogP contribution in [0.25, 0.3) is 0 Å². The van der Waals surface area contributed by atoms with Crippen molar-refractivity contribution < 1.29 is 14.6 Å². The van der Waals surface area contributed by atoms with Crippen molar-refractivity contribution in [1.29, 1.82) is 0 Å². The molecule has 0 bridgehead atoms. The van der Waals surface area contributed by atoms with E-state index < -0.39 is 0 Å². The molecule has 3 aromatic rings. The topological polar surface area (TPSA) is 51.0 Å². The maximum absolute atomic E-state index is 10.4. The zero-order valence-corrected chi connectivity index (χ0v) is 16.6. The van der Waals surface area contributed by atoms with E-state index in [4.69, 9.17) is 14.5 Å². The van der Waals surface area contributed by atoms with Gasteiger partial charge in [-0.25, -0.2) is 0 Å². The summed E-state index contributed by atoms with van der Waals surface area (Å²) in [6.07, 6.45) is 0.653. The highest BCUT2D eigenvalue weighted by molar-refractivity contribution is 7.99. The average Bonchev–Trinajstić information content (AvgIpc) is 2.93. The fraction of sp³-hybridized carbons (Fsp3) is 0.174. The molecule has 5 heteroatoms. The van der Waals surface area contributed by atoms with Crippen molar-refractivity contribution in [3.8, 4) is 17.2 Å². The van der Waals surface area contributed by atoms with Crippen LogP contribution in [0.2, 0.25) is 0 Å². The predicted molar refractivity (Wildman–Crippen MR) is 114 cm³/mol. The van der Waals surface area contributed by atoms with Crippen LogP contribution in [0.1, 0.15) is 22.8 Å². The van der Waals surface area contributed by atoms with Crippen LogP contribution in [0.5, 0.6) is 17.2 Å². The number of para-hydroxylation sites is 3. The Hall–Kier alpha value is -2.92. The van der Waals surface area contributed by atoms with Crippen LogP contribution in [-0.4, -0.2) is 25.0 Å². The number of aliphatic imine (C=N–C) groups is 1. The number of benzene rings is 3. The van der Waals surface area contributed by atoms with Crippen LogP contribution in [0.4, 0.5) is 5.69 Å². The van der Waals surface area contributed by atoms with Gasteiger partial charge in [-0.1, -0.05) is 36.4 Å². The minimum absolute atomic E-state index is 0.0621. The van der Waals surface area contributed by atoms with Gasteiger partial charge in [0.25, 0.3) is 0 Å². The van der Waals surface area contributed by atoms with Gasteiger partial charge >= 0.3 is 0 Å². The molecule has 4 rings (SSSR count). The molecule has 0 aliphatic carbocycles. The number of hydrogen-bond acceptors (Lipinski definition) is 5. The molecule has 0 unspecified atom stereocenters. The summed E-state index contributed by atoms with van der Waals surface area (Å²) in [6, 6.07) is 21.4. The quantitative estimate of drug-likeness (QED) is 0.614. The largest absolute Gasteiger partial charge is 0.507 e. The Morgan fingerprint density at radius 2 is 1.71 bits per heavy atom. The Kier molecular flexibility index (Phi) is 5.26. The SMILES string of the molecule is COc1cccc([C@@H]2CC(c3ccccc3O)=Nc3ccccc3S2)c1OC. The van der Waals surface area contributed by atoms with Crippen molar-refractivity contribution in [2.24, 2.45) is 4.99 Å². The van der Waals surface area contributed by atoms with E-state index in [0.29, 0.717) is 12.2 Å². The van der Waals surface area contributed by atoms with Gasteiger partial charge < -0.3 is 14.6 Å². The molecule has 28 heavy (non-hydrogen) atoms. The van der Waals surface area contributed by atoms with E-state index >= 15 is 0 Å². The number of thioether (sulfide) groups is 1. The molecule has 0 fully saturated rings. The maximum atomic E-state index is 10.4. The summed E-state index contributed by atoms with van der Waals surface area (Å²) in [7, 11) is 3.31. The van der Waals surface area contributed by atoms with E-state index in [-0.39, 0.29) is 11.0 Å². The number of ether oxygens (including phenoxy) is 2. The molecule has 142 valence electrons. The summed E-state index contributed by atoms with van der Waals surface area (Å²) < 4.78 is 11.2. The molecule has 0 spiro atoms. The molecule has 0 saturated carbocycles. The summed E-state index contributed by atoms with van der Waals surface area (Å²) in [5, 5.41) is 10.5. The summed E-state index contributed by atoms with van der Waals surface area (Å²) >= 11 is 1.75. The van der Waals surface area contributed by atoms with Gasteiger partial charge in [-0.05, 0) is 30.3 Å². The fourth-order valence-corrected chi connectivity index (χ4v) is 4.69. The molecule has 3 aromatic carbocycles. The van der Waals surface area contributed by atoms with Gasteiger partial charge in [0, 0.05) is 27.7 Å². The number of phenolic OH excluding ortho intramolecular Hbond substituents is 1. The molecule has 1 N–H and O–H groups in total. The lowest BCUT2D eigenvalue weighted by Gasteiger charge is -2.20. The first-order valence-electron chi connectivity index (χ1n) is 9.03. The first-order valence-corrected chi connectivity index (χ1v) is 9.91. The monoisotopic (exact) mass is 391 g/mol. The second kappa shape index (κ2) is 7.98. The third-order valence-electron chi connectivity index (χ3n) is 4.76. The molecule has 1 aliphatic heterocycles. The van der Waals surface area contributed by atoms with E-state index in [2.05, 4.69) is 12.1 Å². The average molecular weight is 391 g/mol. The molecular formula is C23H21NO3S. The smallest absolute Gasteiger partial charge is 0.165 e. The number of methoxy groups -OCH3 is 2. The van der Waals surface area contributed by atoms with Crippen LogP contribution in [0.15, 0.2) is 76.6 Å². The van der Waals surface area contributed by atoms with Gasteiger partial charge in [0.05, 0.1) is 25.6 Å². The Balaban J connectivity index is 1.86. The second-order valence-electron chi connectivity index (χ2n) is 6.44. The van der Waals surface area contributed by atoms with Crippen molar-refractivity contribution in [1.82, 2.24) is 0 Å². The highest BCUT2D eigenvalue weighted by atomic mass is 32.2. The summed E-state index contributed by atoms with van der Waals surface area (Å²) in [5.74, 6) is 1.68. The predicted octanol–water partition coefficient (Wildman–Crippen LogP) is 5.77. The third-order valence-corrected chi connectivity index (χ3v) is 6.07. The van der Waals surface area contributed by atoms with Gasteiger partial charge in [0.1, 0.15) is 5.75 Å². The zero-order chi connectivity index (χ0) is 19.5. The number of phenols is 1. The molecule has 4 nitrogen and oxygen atoms in total. The second-order valence-corrected chi connectivity index (χ2v) is 7.68. The molecule has 0 saturated heterocycles. The van der Waals surface area contributed by atoms with E-state index in [1.807, 2.05) is 48.5 Å². The minimum atomic E-state index is 0.0621. The lowest BCUT2D eigenvalue weighted by Crippen LogP contribution is -2.07. The summed E-state index contributed by atoms with van der Waals surface area (Å²) in [4.78, 5) is 6.01. The minimum Gasteiger partial charge on any atom is -0.507 e. The van der Waals surface area contributed by atoms with Gasteiger partial charge in [-0.3, -0.25) is 4.99 Å². The first-order chi connectivity index (χ1) is 13.7. The molecule has 1 aliphatic rings. The Bertz CT molecular complexity index is 1030. The highest BCUT2D eigenvalue weighted by Gasteiger charge is 2.27.